The highest BCUT2D eigenvalue weighted by Gasteiger charge is 2.14. The van der Waals surface area contributed by atoms with Gasteiger partial charge in [0.05, 0.1) is 19.8 Å². The Hall–Kier alpha value is -4.13. The largest absolute Gasteiger partial charge is 0.497 e. The molecule has 2 N–H and O–H groups in total. The van der Waals surface area contributed by atoms with Crippen molar-refractivity contribution in [2.75, 3.05) is 26.6 Å². The smallest absolute Gasteiger partial charge is 0.254 e. The van der Waals surface area contributed by atoms with Gasteiger partial charge in [0.25, 0.3) is 5.91 Å². The van der Waals surface area contributed by atoms with Gasteiger partial charge in [-0.1, -0.05) is 24.3 Å². The highest BCUT2D eigenvalue weighted by molar-refractivity contribution is 6.01. The molecule has 31 heavy (non-hydrogen) atoms. The van der Waals surface area contributed by atoms with Crippen LogP contribution in [0.15, 0.2) is 66.7 Å². The molecular formula is C24H22N4O3. The molecule has 0 saturated carbocycles. The third kappa shape index (κ3) is 3.98. The predicted octanol–water partition coefficient (Wildman–Crippen LogP) is 4.42. The first kappa shape index (κ1) is 20.2. The minimum Gasteiger partial charge on any atom is -0.497 e. The number of benzene rings is 3. The first-order valence-corrected chi connectivity index (χ1v) is 9.71. The van der Waals surface area contributed by atoms with Crippen molar-refractivity contribution in [3.63, 3.8) is 0 Å². The third-order valence-electron chi connectivity index (χ3n) is 4.98. The Labute approximate surface area is 180 Å². The van der Waals surface area contributed by atoms with Crippen molar-refractivity contribution in [1.29, 1.82) is 0 Å². The molecule has 7 nitrogen and oxygen atoms in total. The summed E-state index contributed by atoms with van der Waals surface area (Å²) >= 11 is 0. The number of hydrogen-bond acceptors (Lipinski definition) is 6. The Bertz CT molecular complexity index is 1240. The van der Waals surface area contributed by atoms with Gasteiger partial charge in [-0.2, -0.15) is 0 Å². The molecule has 0 atom stereocenters. The molecule has 0 spiro atoms. The number of carbonyl (C=O) groups is 1. The van der Waals surface area contributed by atoms with Gasteiger partial charge in [0.15, 0.2) is 5.82 Å². The molecule has 0 bridgehead atoms. The number of ether oxygens (including phenoxy) is 2. The quantitative estimate of drug-likeness (QED) is 0.486. The van der Waals surface area contributed by atoms with Crippen LogP contribution in [0.3, 0.4) is 0 Å². The van der Waals surface area contributed by atoms with Crippen molar-refractivity contribution in [1.82, 2.24) is 15.5 Å². The van der Waals surface area contributed by atoms with E-state index in [0.29, 0.717) is 22.8 Å². The Morgan fingerprint density at radius 3 is 2.29 bits per heavy atom. The third-order valence-corrected chi connectivity index (χ3v) is 4.98. The SMILES string of the molecule is CNC(=O)c1cc(Nc2nnc(-c3ccc(OC)cc3)c3ccccc23)ccc1OC. The summed E-state index contributed by atoms with van der Waals surface area (Å²) < 4.78 is 10.5. The van der Waals surface area contributed by atoms with Gasteiger partial charge in [0, 0.05) is 29.1 Å². The van der Waals surface area contributed by atoms with E-state index < -0.39 is 0 Å². The Morgan fingerprint density at radius 1 is 0.871 bits per heavy atom. The van der Waals surface area contributed by atoms with E-state index in [9.17, 15) is 4.79 Å². The van der Waals surface area contributed by atoms with E-state index in [1.807, 2.05) is 54.6 Å². The monoisotopic (exact) mass is 414 g/mol. The Morgan fingerprint density at radius 2 is 1.61 bits per heavy atom. The summed E-state index contributed by atoms with van der Waals surface area (Å²) in [7, 11) is 4.75. The summed E-state index contributed by atoms with van der Waals surface area (Å²) in [6.07, 6.45) is 0. The van der Waals surface area contributed by atoms with Crippen LogP contribution in [0.4, 0.5) is 11.5 Å². The number of carbonyl (C=O) groups excluding carboxylic acids is 1. The topological polar surface area (TPSA) is 85.4 Å². The fourth-order valence-electron chi connectivity index (χ4n) is 3.39. The number of hydrogen-bond donors (Lipinski definition) is 2. The molecule has 0 aliphatic rings. The van der Waals surface area contributed by atoms with Gasteiger partial charge >= 0.3 is 0 Å². The average Bonchev–Trinajstić information content (AvgIpc) is 2.83. The van der Waals surface area contributed by atoms with Crippen LogP contribution in [-0.4, -0.2) is 37.4 Å². The van der Waals surface area contributed by atoms with Gasteiger partial charge < -0.3 is 20.1 Å². The summed E-state index contributed by atoms with van der Waals surface area (Å²) in [4.78, 5) is 12.2. The minimum absolute atomic E-state index is 0.230. The molecule has 0 saturated heterocycles. The van der Waals surface area contributed by atoms with Crippen molar-refractivity contribution >= 4 is 28.2 Å². The molecule has 0 radical (unpaired) electrons. The Kier molecular flexibility index (Phi) is 5.66. The van der Waals surface area contributed by atoms with Crippen LogP contribution in [-0.2, 0) is 0 Å². The van der Waals surface area contributed by atoms with Gasteiger partial charge in [-0.05, 0) is 42.5 Å². The lowest BCUT2D eigenvalue weighted by Crippen LogP contribution is -2.18. The zero-order chi connectivity index (χ0) is 21.8. The van der Waals surface area contributed by atoms with Crippen LogP contribution in [0, 0.1) is 0 Å². The molecule has 1 aromatic heterocycles. The van der Waals surface area contributed by atoms with Gasteiger partial charge in [-0.15, -0.1) is 10.2 Å². The standard InChI is InChI=1S/C24H22N4O3/c1-25-24(29)20-14-16(10-13-21(20)31-3)26-23-19-7-5-4-6-18(19)22(27-28-23)15-8-11-17(30-2)12-9-15/h4-14H,1-3H3,(H,25,29)(H,26,28). The highest BCUT2D eigenvalue weighted by atomic mass is 16.5. The molecule has 3 aromatic carbocycles. The summed E-state index contributed by atoms with van der Waals surface area (Å²) in [5.41, 5.74) is 2.87. The first-order valence-electron chi connectivity index (χ1n) is 9.71. The van der Waals surface area contributed by atoms with E-state index >= 15 is 0 Å². The second kappa shape index (κ2) is 8.71. The van der Waals surface area contributed by atoms with Gasteiger partial charge in [-0.25, -0.2) is 0 Å². The molecule has 7 heteroatoms. The van der Waals surface area contributed by atoms with Crippen LogP contribution >= 0.6 is 0 Å². The lowest BCUT2D eigenvalue weighted by Gasteiger charge is -2.13. The maximum atomic E-state index is 12.2. The number of methoxy groups -OCH3 is 2. The van der Waals surface area contributed by atoms with Crippen LogP contribution < -0.4 is 20.1 Å². The van der Waals surface area contributed by atoms with E-state index in [4.69, 9.17) is 9.47 Å². The summed E-state index contributed by atoms with van der Waals surface area (Å²) in [6.45, 7) is 0. The van der Waals surface area contributed by atoms with Crippen molar-refractivity contribution in [3.8, 4) is 22.8 Å². The fraction of sp³-hybridized carbons (Fsp3) is 0.125. The number of amides is 1. The van der Waals surface area contributed by atoms with E-state index in [0.717, 1.165) is 27.8 Å². The van der Waals surface area contributed by atoms with Crippen molar-refractivity contribution in [3.05, 3.63) is 72.3 Å². The minimum atomic E-state index is -0.230. The van der Waals surface area contributed by atoms with E-state index in [1.165, 1.54) is 7.11 Å². The van der Waals surface area contributed by atoms with Crippen LogP contribution in [0.2, 0.25) is 0 Å². The lowest BCUT2D eigenvalue weighted by molar-refractivity contribution is 0.0960. The number of rotatable bonds is 6. The number of anilines is 2. The van der Waals surface area contributed by atoms with Crippen molar-refractivity contribution < 1.29 is 14.3 Å². The highest BCUT2D eigenvalue weighted by Crippen LogP contribution is 2.32. The number of aromatic nitrogens is 2. The second-order valence-electron chi connectivity index (χ2n) is 6.79. The molecular weight excluding hydrogens is 392 g/mol. The number of nitrogens with zero attached hydrogens (tertiary/aromatic N) is 2. The van der Waals surface area contributed by atoms with Gasteiger partial charge in [0.1, 0.15) is 17.2 Å². The van der Waals surface area contributed by atoms with Crippen molar-refractivity contribution in [2.45, 2.75) is 0 Å². The molecule has 4 rings (SSSR count). The molecule has 156 valence electrons. The summed E-state index contributed by atoms with van der Waals surface area (Å²) in [5.74, 6) is 1.65. The maximum absolute atomic E-state index is 12.2. The summed E-state index contributed by atoms with van der Waals surface area (Å²) in [5, 5.41) is 16.7. The van der Waals surface area contributed by atoms with Crippen LogP contribution in [0.5, 0.6) is 11.5 Å². The fourth-order valence-corrected chi connectivity index (χ4v) is 3.39. The first-order chi connectivity index (χ1) is 15.1. The number of nitrogens with one attached hydrogen (secondary N) is 2. The maximum Gasteiger partial charge on any atom is 0.254 e. The molecule has 0 fully saturated rings. The second-order valence-corrected chi connectivity index (χ2v) is 6.79. The molecule has 0 unspecified atom stereocenters. The Balaban J connectivity index is 1.75. The molecule has 1 heterocycles. The zero-order valence-corrected chi connectivity index (χ0v) is 17.5. The lowest BCUT2D eigenvalue weighted by atomic mass is 10.0. The van der Waals surface area contributed by atoms with E-state index in [1.54, 1.807) is 26.3 Å². The molecule has 4 aromatic rings. The number of fused-ring (bicyclic) bond motifs is 1. The van der Waals surface area contributed by atoms with Gasteiger partial charge in [0.2, 0.25) is 0 Å². The normalized spacial score (nSPS) is 10.5. The van der Waals surface area contributed by atoms with E-state index in [-0.39, 0.29) is 5.91 Å². The summed E-state index contributed by atoms with van der Waals surface area (Å²) in [6, 6.07) is 20.9. The van der Waals surface area contributed by atoms with Crippen molar-refractivity contribution in [2.24, 2.45) is 0 Å². The molecule has 1 amide bonds. The van der Waals surface area contributed by atoms with Gasteiger partial charge in [-0.3, -0.25) is 4.79 Å². The molecule has 0 aliphatic heterocycles. The van der Waals surface area contributed by atoms with Crippen LogP contribution in [0.1, 0.15) is 10.4 Å². The zero-order valence-electron chi connectivity index (χ0n) is 17.5. The molecule has 0 aliphatic carbocycles. The van der Waals surface area contributed by atoms with E-state index in [2.05, 4.69) is 20.8 Å². The predicted molar refractivity (Wildman–Crippen MR) is 121 cm³/mol. The van der Waals surface area contributed by atoms with Crippen LogP contribution in [0.25, 0.3) is 22.0 Å². The average molecular weight is 414 g/mol.